The molecule has 90 valence electrons. The molecule has 0 aliphatic rings. The molecule has 0 saturated heterocycles. The molecule has 0 radical (unpaired) electrons. The third kappa shape index (κ3) is 3.69. The smallest absolute Gasteiger partial charge is 0.0317 e. The minimum Gasteiger partial charge on any atom is -0.310 e. The Morgan fingerprint density at radius 1 is 1.12 bits per heavy atom. The molecule has 1 unspecified atom stereocenters. The van der Waals surface area contributed by atoms with Gasteiger partial charge in [0.15, 0.2) is 0 Å². The fourth-order valence-corrected chi connectivity index (χ4v) is 2.72. The Kier molecular flexibility index (Phi) is 4.77. The van der Waals surface area contributed by atoms with Crippen molar-refractivity contribution in [1.29, 1.82) is 0 Å². The lowest BCUT2D eigenvalue weighted by Gasteiger charge is -2.17. The van der Waals surface area contributed by atoms with Crippen LogP contribution in [0.15, 0.2) is 47.8 Å². The first-order valence-electron chi connectivity index (χ1n) is 6.21. The van der Waals surface area contributed by atoms with Crippen molar-refractivity contribution >= 4 is 11.3 Å². The van der Waals surface area contributed by atoms with Crippen LogP contribution in [0.5, 0.6) is 0 Å². The summed E-state index contributed by atoms with van der Waals surface area (Å²) in [6.07, 6.45) is 2.26. The summed E-state index contributed by atoms with van der Waals surface area (Å²) in [7, 11) is 0. The molecule has 0 bridgehead atoms. The summed E-state index contributed by atoms with van der Waals surface area (Å²) in [5, 5.41) is 5.77. The summed E-state index contributed by atoms with van der Waals surface area (Å²) >= 11 is 1.84. The molecule has 1 heterocycles. The lowest BCUT2D eigenvalue weighted by atomic mass is 10.0. The summed E-state index contributed by atoms with van der Waals surface area (Å²) < 4.78 is 0. The first-order valence-corrected chi connectivity index (χ1v) is 7.09. The molecular formula is C15H19NS. The number of hydrogen-bond acceptors (Lipinski definition) is 2. The van der Waals surface area contributed by atoms with Crippen molar-refractivity contribution in [3.05, 3.63) is 58.3 Å². The number of thiophene rings is 1. The van der Waals surface area contributed by atoms with E-state index in [9.17, 15) is 0 Å². The Bertz CT molecular complexity index is 408. The molecule has 17 heavy (non-hydrogen) atoms. The highest BCUT2D eigenvalue weighted by Gasteiger charge is 2.07. The predicted molar refractivity (Wildman–Crippen MR) is 75.5 cm³/mol. The molecule has 2 aromatic rings. The van der Waals surface area contributed by atoms with E-state index < -0.39 is 0 Å². The molecule has 0 aliphatic heterocycles. The van der Waals surface area contributed by atoms with Gasteiger partial charge in [0.1, 0.15) is 0 Å². The molecule has 1 N–H and O–H groups in total. The summed E-state index contributed by atoms with van der Waals surface area (Å²) in [4.78, 5) is 1.46. The van der Waals surface area contributed by atoms with Gasteiger partial charge in [-0.2, -0.15) is 0 Å². The Hall–Kier alpha value is -1.12. The van der Waals surface area contributed by atoms with Crippen LogP contribution in [0.2, 0.25) is 0 Å². The molecule has 1 aromatic heterocycles. The standard InChI is InChI=1S/C15H19NS/c1-2-15(13-7-4-3-5-8-13)16-11-10-14-9-6-12-17-14/h3-9,12,15-16H,2,10-11H2,1H3. The maximum Gasteiger partial charge on any atom is 0.0317 e. The van der Waals surface area contributed by atoms with Crippen molar-refractivity contribution < 1.29 is 0 Å². The number of benzene rings is 1. The summed E-state index contributed by atoms with van der Waals surface area (Å²) in [5.74, 6) is 0. The van der Waals surface area contributed by atoms with E-state index in [-0.39, 0.29) is 0 Å². The zero-order valence-electron chi connectivity index (χ0n) is 10.2. The summed E-state index contributed by atoms with van der Waals surface area (Å²) in [5.41, 5.74) is 1.39. The van der Waals surface area contributed by atoms with Crippen LogP contribution in [0.1, 0.15) is 29.8 Å². The molecule has 0 amide bonds. The fraction of sp³-hybridized carbons (Fsp3) is 0.333. The summed E-state index contributed by atoms with van der Waals surface area (Å²) in [6.45, 7) is 3.28. The highest BCUT2D eigenvalue weighted by molar-refractivity contribution is 7.09. The SMILES string of the molecule is CCC(NCCc1cccs1)c1ccccc1. The van der Waals surface area contributed by atoms with Gasteiger partial charge in [-0.15, -0.1) is 11.3 Å². The van der Waals surface area contributed by atoms with Gasteiger partial charge in [-0.3, -0.25) is 0 Å². The van der Waals surface area contributed by atoms with E-state index in [1.807, 2.05) is 11.3 Å². The monoisotopic (exact) mass is 245 g/mol. The van der Waals surface area contributed by atoms with Crippen molar-refractivity contribution in [1.82, 2.24) is 5.32 Å². The van der Waals surface area contributed by atoms with Gasteiger partial charge in [0.05, 0.1) is 0 Å². The van der Waals surface area contributed by atoms with Crippen LogP contribution in [0, 0.1) is 0 Å². The molecule has 1 nitrogen and oxygen atoms in total. The number of rotatable bonds is 6. The normalized spacial score (nSPS) is 12.5. The second-order valence-electron chi connectivity index (χ2n) is 4.16. The highest BCUT2D eigenvalue weighted by atomic mass is 32.1. The second kappa shape index (κ2) is 6.58. The molecule has 2 heteroatoms. The van der Waals surface area contributed by atoms with E-state index in [2.05, 4.69) is 60.1 Å². The molecule has 0 aliphatic carbocycles. The molecule has 2 rings (SSSR count). The average Bonchev–Trinajstić information content (AvgIpc) is 2.89. The Morgan fingerprint density at radius 3 is 2.59 bits per heavy atom. The van der Waals surface area contributed by atoms with E-state index in [0.717, 1.165) is 19.4 Å². The first-order chi connectivity index (χ1) is 8.40. The van der Waals surface area contributed by atoms with Crippen LogP contribution in [-0.2, 0) is 6.42 Å². The lowest BCUT2D eigenvalue weighted by Crippen LogP contribution is -2.22. The van der Waals surface area contributed by atoms with Crippen LogP contribution >= 0.6 is 11.3 Å². The van der Waals surface area contributed by atoms with Crippen molar-refractivity contribution in [3.63, 3.8) is 0 Å². The largest absolute Gasteiger partial charge is 0.310 e. The molecule has 1 aromatic carbocycles. The van der Waals surface area contributed by atoms with Crippen LogP contribution < -0.4 is 5.32 Å². The van der Waals surface area contributed by atoms with E-state index in [0.29, 0.717) is 6.04 Å². The molecule has 0 saturated carbocycles. The van der Waals surface area contributed by atoms with Crippen LogP contribution in [0.4, 0.5) is 0 Å². The van der Waals surface area contributed by atoms with Crippen molar-refractivity contribution in [2.75, 3.05) is 6.54 Å². The van der Waals surface area contributed by atoms with Crippen LogP contribution in [0.3, 0.4) is 0 Å². The Balaban J connectivity index is 1.84. The van der Waals surface area contributed by atoms with Gasteiger partial charge in [-0.25, -0.2) is 0 Å². The third-order valence-corrected chi connectivity index (χ3v) is 3.89. The zero-order chi connectivity index (χ0) is 11.9. The van der Waals surface area contributed by atoms with E-state index in [1.165, 1.54) is 10.4 Å². The van der Waals surface area contributed by atoms with Gasteiger partial charge in [0.25, 0.3) is 0 Å². The van der Waals surface area contributed by atoms with Crippen molar-refractivity contribution in [3.8, 4) is 0 Å². The van der Waals surface area contributed by atoms with Gasteiger partial charge in [-0.05, 0) is 29.9 Å². The maximum absolute atomic E-state index is 3.63. The van der Waals surface area contributed by atoms with Crippen LogP contribution in [0.25, 0.3) is 0 Å². The van der Waals surface area contributed by atoms with Gasteiger partial charge in [0.2, 0.25) is 0 Å². The Labute approximate surface area is 108 Å². The van der Waals surface area contributed by atoms with Crippen LogP contribution in [-0.4, -0.2) is 6.54 Å². The van der Waals surface area contributed by atoms with E-state index in [4.69, 9.17) is 0 Å². The van der Waals surface area contributed by atoms with Crippen molar-refractivity contribution in [2.24, 2.45) is 0 Å². The molecule has 0 fully saturated rings. The number of hydrogen-bond donors (Lipinski definition) is 1. The topological polar surface area (TPSA) is 12.0 Å². The fourth-order valence-electron chi connectivity index (χ4n) is 2.01. The quantitative estimate of drug-likeness (QED) is 0.810. The van der Waals surface area contributed by atoms with Crippen molar-refractivity contribution in [2.45, 2.75) is 25.8 Å². The van der Waals surface area contributed by atoms with Gasteiger partial charge >= 0.3 is 0 Å². The number of nitrogens with one attached hydrogen (secondary N) is 1. The second-order valence-corrected chi connectivity index (χ2v) is 5.19. The van der Waals surface area contributed by atoms with Gasteiger partial charge < -0.3 is 5.32 Å². The molecule has 1 atom stereocenters. The minimum atomic E-state index is 0.483. The molecule has 0 spiro atoms. The predicted octanol–water partition coefficient (Wildman–Crippen LogP) is 4.03. The zero-order valence-corrected chi connectivity index (χ0v) is 11.0. The first kappa shape index (κ1) is 12.3. The minimum absolute atomic E-state index is 0.483. The Morgan fingerprint density at radius 2 is 1.94 bits per heavy atom. The van der Waals surface area contributed by atoms with Gasteiger partial charge in [-0.1, -0.05) is 43.3 Å². The maximum atomic E-state index is 3.63. The molecular weight excluding hydrogens is 226 g/mol. The summed E-state index contributed by atoms with van der Waals surface area (Å²) in [6, 6.07) is 15.5. The van der Waals surface area contributed by atoms with E-state index in [1.54, 1.807) is 0 Å². The third-order valence-electron chi connectivity index (χ3n) is 2.95. The average molecular weight is 245 g/mol. The highest BCUT2D eigenvalue weighted by Crippen LogP contribution is 2.16. The van der Waals surface area contributed by atoms with Gasteiger partial charge in [0, 0.05) is 17.5 Å². The lowest BCUT2D eigenvalue weighted by molar-refractivity contribution is 0.524. The van der Waals surface area contributed by atoms with E-state index >= 15 is 0 Å².